The second-order valence-corrected chi connectivity index (χ2v) is 5.81. The summed E-state index contributed by atoms with van der Waals surface area (Å²) in [6, 6.07) is 13.6. The fraction of sp³-hybridized carbons (Fsp3) is 0.211. The third-order valence-corrected chi connectivity index (χ3v) is 4.06. The Labute approximate surface area is 135 Å². The number of aryl methyl sites for hydroxylation is 2. The average molecular weight is 308 g/mol. The fourth-order valence-electron chi connectivity index (χ4n) is 2.81. The zero-order valence-electron chi connectivity index (χ0n) is 13.3. The third-order valence-electron chi connectivity index (χ3n) is 4.06. The number of amides is 1. The molecule has 1 amide bonds. The third kappa shape index (κ3) is 3.12. The molecule has 0 aliphatic rings. The number of hydrogen-bond acceptors (Lipinski definition) is 2. The van der Waals surface area contributed by atoms with E-state index in [2.05, 4.69) is 11.4 Å². The van der Waals surface area contributed by atoms with Crippen LogP contribution >= 0.6 is 0 Å². The van der Waals surface area contributed by atoms with E-state index < -0.39 is 0 Å². The standard InChI is InChI=1S/C19H20N2O2/c1-13-7-8-15(12-22)9-17(13)20-19(23)11-21-10-14(2)16-5-3-4-6-18(16)21/h3-10,22H,11-12H2,1-2H3,(H,20,23). The summed E-state index contributed by atoms with van der Waals surface area (Å²) < 4.78 is 1.96. The highest BCUT2D eigenvalue weighted by Gasteiger charge is 2.10. The minimum absolute atomic E-state index is 0.0371. The maximum Gasteiger partial charge on any atom is 0.244 e. The minimum atomic E-state index is -0.0797. The summed E-state index contributed by atoms with van der Waals surface area (Å²) >= 11 is 0. The van der Waals surface area contributed by atoms with Crippen molar-refractivity contribution in [3.05, 3.63) is 65.4 Å². The first-order chi connectivity index (χ1) is 11.1. The van der Waals surface area contributed by atoms with E-state index in [0.29, 0.717) is 0 Å². The molecule has 0 aliphatic heterocycles. The second-order valence-electron chi connectivity index (χ2n) is 5.81. The van der Waals surface area contributed by atoms with Gasteiger partial charge in [-0.2, -0.15) is 0 Å². The van der Waals surface area contributed by atoms with Gasteiger partial charge in [0.15, 0.2) is 0 Å². The maximum absolute atomic E-state index is 12.4. The lowest BCUT2D eigenvalue weighted by molar-refractivity contribution is -0.116. The van der Waals surface area contributed by atoms with E-state index in [0.717, 1.165) is 27.9 Å². The molecule has 3 aromatic rings. The van der Waals surface area contributed by atoms with Gasteiger partial charge >= 0.3 is 0 Å². The summed E-state index contributed by atoms with van der Waals surface area (Å²) in [4.78, 5) is 12.4. The van der Waals surface area contributed by atoms with E-state index in [9.17, 15) is 9.90 Å². The normalized spacial score (nSPS) is 10.9. The first kappa shape index (κ1) is 15.3. The van der Waals surface area contributed by atoms with Crippen LogP contribution in [0.2, 0.25) is 0 Å². The molecule has 0 atom stereocenters. The van der Waals surface area contributed by atoms with Gasteiger partial charge in [-0.15, -0.1) is 0 Å². The SMILES string of the molecule is Cc1ccc(CO)cc1NC(=O)Cn1cc(C)c2ccccc21. The highest BCUT2D eigenvalue weighted by atomic mass is 16.3. The molecular formula is C19H20N2O2. The van der Waals surface area contributed by atoms with E-state index >= 15 is 0 Å². The highest BCUT2D eigenvalue weighted by Crippen LogP contribution is 2.21. The molecule has 4 nitrogen and oxygen atoms in total. The number of carbonyl (C=O) groups excluding carboxylic acids is 1. The Morgan fingerprint density at radius 1 is 1.13 bits per heavy atom. The van der Waals surface area contributed by atoms with Gasteiger partial charge in [0.1, 0.15) is 6.54 Å². The zero-order valence-corrected chi connectivity index (χ0v) is 13.3. The topological polar surface area (TPSA) is 54.3 Å². The van der Waals surface area contributed by atoms with Crippen LogP contribution in [0.3, 0.4) is 0 Å². The molecule has 1 aromatic heterocycles. The number of aliphatic hydroxyl groups is 1. The lowest BCUT2D eigenvalue weighted by atomic mass is 10.1. The molecule has 4 heteroatoms. The molecular weight excluding hydrogens is 288 g/mol. The minimum Gasteiger partial charge on any atom is -0.392 e. The van der Waals surface area contributed by atoms with Crippen LogP contribution < -0.4 is 5.32 Å². The molecule has 0 radical (unpaired) electrons. The van der Waals surface area contributed by atoms with Gasteiger partial charge in [0, 0.05) is 22.8 Å². The number of rotatable bonds is 4. The molecule has 0 spiro atoms. The average Bonchev–Trinajstić information content (AvgIpc) is 2.86. The molecule has 118 valence electrons. The number of anilines is 1. The number of carbonyl (C=O) groups is 1. The molecule has 3 rings (SSSR count). The highest BCUT2D eigenvalue weighted by molar-refractivity contribution is 5.93. The lowest BCUT2D eigenvalue weighted by Gasteiger charge is -2.11. The molecule has 0 aliphatic carbocycles. The Kier molecular flexibility index (Phi) is 4.17. The number of aromatic nitrogens is 1. The molecule has 2 N–H and O–H groups in total. The van der Waals surface area contributed by atoms with Crippen molar-refractivity contribution >= 4 is 22.5 Å². The van der Waals surface area contributed by atoms with Crippen LogP contribution in [0.4, 0.5) is 5.69 Å². The van der Waals surface area contributed by atoms with Gasteiger partial charge in [0.2, 0.25) is 5.91 Å². The molecule has 23 heavy (non-hydrogen) atoms. The van der Waals surface area contributed by atoms with Gasteiger partial charge in [0.25, 0.3) is 0 Å². The summed E-state index contributed by atoms with van der Waals surface area (Å²) in [5.74, 6) is -0.0797. The number of nitrogens with zero attached hydrogens (tertiary/aromatic N) is 1. The monoisotopic (exact) mass is 308 g/mol. The van der Waals surface area contributed by atoms with Crippen LogP contribution in [-0.2, 0) is 17.9 Å². The van der Waals surface area contributed by atoms with Crippen molar-refractivity contribution in [2.24, 2.45) is 0 Å². The number of hydrogen-bond donors (Lipinski definition) is 2. The van der Waals surface area contributed by atoms with Crippen molar-refractivity contribution in [3.8, 4) is 0 Å². The Morgan fingerprint density at radius 2 is 1.91 bits per heavy atom. The lowest BCUT2D eigenvalue weighted by Crippen LogP contribution is -2.19. The van der Waals surface area contributed by atoms with Crippen LogP contribution in [0.1, 0.15) is 16.7 Å². The van der Waals surface area contributed by atoms with Crippen molar-refractivity contribution in [2.75, 3.05) is 5.32 Å². The number of fused-ring (bicyclic) bond motifs is 1. The molecule has 2 aromatic carbocycles. The Hall–Kier alpha value is -2.59. The Morgan fingerprint density at radius 3 is 2.70 bits per heavy atom. The van der Waals surface area contributed by atoms with Crippen LogP contribution in [0.5, 0.6) is 0 Å². The van der Waals surface area contributed by atoms with Gasteiger partial charge in [-0.3, -0.25) is 4.79 Å². The van der Waals surface area contributed by atoms with Gasteiger partial charge < -0.3 is 15.0 Å². The maximum atomic E-state index is 12.4. The van der Waals surface area contributed by atoms with Gasteiger partial charge in [-0.05, 0) is 42.7 Å². The zero-order chi connectivity index (χ0) is 16.4. The molecule has 1 heterocycles. The number of para-hydroxylation sites is 1. The van der Waals surface area contributed by atoms with Crippen LogP contribution in [0.15, 0.2) is 48.7 Å². The van der Waals surface area contributed by atoms with Crippen LogP contribution in [0, 0.1) is 13.8 Å². The first-order valence-electron chi connectivity index (χ1n) is 7.63. The number of aliphatic hydroxyl groups excluding tert-OH is 1. The van der Waals surface area contributed by atoms with E-state index in [1.54, 1.807) is 0 Å². The molecule has 0 bridgehead atoms. The summed E-state index contributed by atoms with van der Waals surface area (Å²) in [6.45, 7) is 4.21. The largest absolute Gasteiger partial charge is 0.392 e. The Balaban J connectivity index is 1.82. The summed E-state index contributed by atoms with van der Waals surface area (Å²) in [5.41, 5.74) is 4.72. The van der Waals surface area contributed by atoms with Crippen molar-refractivity contribution < 1.29 is 9.90 Å². The molecule has 0 unspecified atom stereocenters. The van der Waals surface area contributed by atoms with Gasteiger partial charge in [0.05, 0.1) is 6.61 Å². The molecule has 0 saturated heterocycles. The Bertz CT molecular complexity index is 865. The predicted octanol–water partition coefficient (Wildman–Crippen LogP) is 3.39. The molecule has 0 fully saturated rings. The number of benzene rings is 2. The quantitative estimate of drug-likeness (QED) is 0.776. The first-order valence-corrected chi connectivity index (χ1v) is 7.63. The smallest absolute Gasteiger partial charge is 0.244 e. The van der Waals surface area contributed by atoms with E-state index in [-0.39, 0.29) is 19.1 Å². The van der Waals surface area contributed by atoms with Crippen molar-refractivity contribution in [2.45, 2.75) is 27.0 Å². The molecule has 0 saturated carbocycles. The van der Waals surface area contributed by atoms with E-state index in [1.807, 2.05) is 61.0 Å². The van der Waals surface area contributed by atoms with Crippen molar-refractivity contribution in [1.82, 2.24) is 4.57 Å². The van der Waals surface area contributed by atoms with Crippen molar-refractivity contribution in [1.29, 1.82) is 0 Å². The van der Waals surface area contributed by atoms with E-state index in [1.165, 1.54) is 5.39 Å². The second kappa shape index (κ2) is 6.26. The van der Waals surface area contributed by atoms with Crippen LogP contribution in [0.25, 0.3) is 10.9 Å². The van der Waals surface area contributed by atoms with E-state index in [4.69, 9.17) is 0 Å². The summed E-state index contributed by atoms with van der Waals surface area (Å²) in [6.07, 6.45) is 2.00. The van der Waals surface area contributed by atoms with Gasteiger partial charge in [-0.25, -0.2) is 0 Å². The predicted molar refractivity (Wildman–Crippen MR) is 92.4 cm³/mol. The van der Waals surface area contributed by atoms with Crippen molar-refractivity contribution in [3.63, 3.8) is 0 Å². The summed E-state index contributed by atoms with van der Waals surface area (Å²) in [5, 5.41) is 13.3. The summed E-state index contributed by atoms with van der Waals surface area (Å²) in [7, 11) is 0. The fourth-order valence-corrected chi connectivity index (χ4v) is 2.81. The van der Waals surface area contributed by atoms with Crippen LogP contribution in [-0.4, -0.2) is 15.6 Å². The number of nitrogens with one attached hydrogen (secondary N) is 1. The van der Waals surface area contributed by atoms with Gasteiger partial charge in [-0.1, -0.05) is 30.3 Å².